The summed E-state index contributed by atoms with van der Waals surface area (Å²) in [5.74, 6) is 1.33. The maximum Gasteiger partial charge on any atom is 0.263 e. The van der Waals surface area contributed by atoms with E-state index in [2.05, 4.69) is 25.1 Å². The van der Waals surface area contributed by atoms with Gasteiger partial charge in [-0.15, -0.1) is 11.3 Å². The molecule has 1 aliphatic rings. The quantitative estimate of drug-likeness (QED) is 0.332. The molecule has 6 heteroatoms. The number of aryl methyl sites for hydroxylation is 2. The lowest BCUT2D eigenvalue weighted by atomic mass is 9.89. The Kier molecular flexibility index (Phi) is 5.84. The van der Waals surface area contributed by atoms with Gasteiger partial charge in [-0.2, -0.15) is 5.26 Å². The molecule has 1 unspecified atom stereocenters. The number of thiophene rings is 1. The van der Waals surface area contributed by atoms with E-state index in [9.17, 15) is 4.79 Å². The van der Waals surface area contributed by atoms with Crippen molar-refractivity contribution in [3.8, 4) is 6.07 Å². The zero-order chi connectivity index (χ0) is 19.5. The molecule has 4 nitrogen and oxygen atoms in total. The first-order chi connectivity index (χ1) is 13.7. The van der Waals surface area contributed by atoms with E-state index >= 15 is 0 Å². The van der Waals surface area contributed by atoms with Gasteiger partial charge in [-0.1, -0.05) is 49.0 Å². The van der Waals surface area contributed by atoms with Crippen molar-refractivity contribution in [2.75, 3.05) is 5.75 Å². The second kappa shape index (κ2) is 8.50. The molecular weight excluding hydrogens is 386 g/mol. The van der Waals surface area contributed by atoms with Gasteiger partial charge in [0, 0.05) is 23.6 Å². The fourth-order valence-corrected chi connectivity index (χ4v) is 6.08. The summed E-state index contributed by atoms with van der Waals surface area (Å²) in [6.07, 6.45) is 4.42. The van der Waals surface area contributed by atoms with Crippen molar-refractivity contribution in [3.63, 3.8) is 0 Å². The van der Waals surface area contributed by atoms with Gasteiger partial charge in [0.15, 0.2) is 5.16 Å². The van der Waals surface area contributed by atoms with Crippen LogP contribution in [0.2, 0.25) is 0 Å². The topological polar surface area (TPSA) is 58.7 Å². The summed E-state index contributed by atoms with van der Waals surface area (Å²) in [5.41, 5.74) is 2.54. The fraction of sp³-hybridized carbons (Fsp3) is 0.409. The number of hydrogen-bond acceptors (Lipinski definition) is 5. The second-order valence-electron chi connectivity index (χ2n) is 7.38. The molecule has 2 heterocycles. The number of hydrogen-bond donors (Lipinski definition) is 0. The van der Waals surface area contributed by atoms with Gasteiger partial charge in [0.1, 0.15) is 4.83 Å². The second-order valence-corrected chi connectivity index (χ2v) is 9.52. The SMILES string of the molecule is CC1CCc2c(sc3nc(SCCC#N)n(CCc4ccccc4)c(=O)c23)C1. The van der Waals surface area contributed by atoms with Gasteiger partial charge < -0.3 is 0 Å². The van der Waals surface area contributed by atoms with Crippen LogP contribution in [-0.2, 0) is 25.8 Å². The third-order valence-corrected chi connectivity index (χ3v) is 7.42. The number of thioether (sulfide) groups is 1. The van der Waals surface area contributed by atoms with Crippen LogP contribution in [0.5, 0.6) is 0 Å². The zero-order valence-electron chi connectivity index (χ0n) is 16.0. The fourth-order valence-electron chi connectivity index (χ4n) is 3.79. The van der Waals surface area contributed by atoms with Gasteiger partial charge in [0.2, 0.25) is 0 Å². The van der Waals surface area contributed by atoms with E-state index in [-0.39, 0.29) is 5.56 Å². The van der Waals surface area contributed by atoms with Crippen molar-refractivity contribution >= 4 is 33.3 Å². The number of fused-ring (bicyclic) bond motifs is 3. The van der Waals surface area contributed by atoms with Gasteiger partial charge >= 0.3 is 0 Å². The first kappa shape index (κ1) is 19.2. The Hall–Kier alpha value is -2.10. The van der Waals surface area contributed by atoms with E-state index in [4.69, 9.17) is 10.2 Å². The highest BCUT2D eigenvalue weighted by Crippen LogP contribution is 2.36. The lowest BCUT2D eigenvalue weighted by Crippen LogP contribution is -2.25. The highest BCUT2D eigenvalue weighted by Gasteiger charge is 2.24. The molecule has 0 spiro atoms. The average molecular weight is 410 g/mol. The highest BCUT2D eigenvalue weighted by atomic mass is 32.2. The van der Waals surface area contributed by atoms with E-state index < -0.39 is 0 Å². The highest BCUT2D eigenvalue weighted by molar-refractivity contribution is 7.99. The van der Waals surface area contributed by atoms with E-state index in [1.54, 1.807) is 11.3 Å². The predicted molar refractivity (Wildman–Crippen MR) is 116 cm³/mol. The Morgan fingerprint density at radius 3 is 2.96 bits per heavy atom. The number of aromatic nitrogens is 2. The Morgan fingerprint density at radius 1 is 1.36 bits per heavy atom. The van der Waals surface area contributed by atoms with Crippen LogP contribution in [0.15, 0.2) is 40.3 Å². The minimum atomic E-state index is 0.0902. The minimum absolute atomic E-state index is 0.0902. The number of nitriles is 1. The summed E-state index contributed by atoms with van der Waals surface area (Å²) in [4.78, 5) is 20.6. The van der Waals surface area contributed by atoms with Crippen LogP contribution in [0.4, 0.5) is 0 Å². The Balaban J connectivity index is 1.75. The zero-order valence-corrected chi connectivity index (χ0v) is 17.6. The monoisotopic (exact) mass is 409 g/mol. The minimum Gasteiger partial charge on any atom is -0.287 e. The van der Waals surface area contributed by atoms with Crippen LogP contribution in [-0.4, -0.2) is 15.3 Å². The Bertz CT molecular complexity index is 1080. The molecule has 0 radical (unpaired) electrons. The summed E-state index contributed by atoms with van der Waals surface area (Å²) in [5, 5.41) is 10.5. The molecule has 28 heavy (non-hydrogen) atoms. The van der Waals surface area contributed by atoms with Crippen LogP contribution < -0.4 is 5.56 Å². The summed E-state index contributed by atoms with van der Waals surface area (Å²) in [6, 6.07) is 12.4. The molecule has 3 aromatic rings. The molecule has 0 aliphatic heterocycles. The van der Waals surface area contributed by atoms with Crippen molar-refractivity contribution < 1.29 is 0 Å². The van der Waals surface area contributed by atoms with Gasteiger partial charge in [-0.3, -0.25) is 9.36 Å². The van der Waals surface area contributed by atoms with Crippen molar-refractivity contribution in [1.29, 1.82) is 5.26 Å². The third-order valence-electron chi connectivity index (χ3n) is 5.29. The first-order valence-electron chi connectivity index (χ1n) is 9.76. The average Bonchev–Trinajstić information content (AvgIpc) is 3.06. The molecule has 1 aliphatic carbocycles. The molecule has 0 saturated heterocycles. The molecule has 144 valence electrons. The van der Waals surface area contributed by atoms with Crippen LogP contribution >= 0.6 is 23.1 Å². The lowest BCUT2D eigenvalue weighted by Gasteiger charge is -2.17. The first-order valence-corrected chi connectivity index (χ1v) is 11.6. The lowest BCUT2D eigenvalue weighted by molar-refractivity contribution is 0.508. The Morgan fingerprint density at radius 2 is 2.18 bits per heavy atom. The largest absolute Gasteiger partial charge is 0.287 e. The summed E-state index contributed by atoms with van der Waals surface area (Å²) < 4.78 is 1.84. The predicted octanol–water partition coefficient (Wildman–Crippen LogP) is 4.83. The molecule has 0 saturated carbocycles. The van der Waals surface area contributed by atoms with Crippen LogP contribution in [0.1, 0.15) is 35.8 Å². The smallest absolute Gasteiger partial charge is 0.263 e. The van der Waals surface area contributed by atoms with Gasteiger partial charge in [-0.25, -0.2) is 4.98 Å². The summed E-state index contributed by atoms with van der Waals surface area (Å²) in [6.45, 7) is 2.89. The number of rotatable bonds is 6. The van der Waals surface area contributed by atoms with Crippen LogP contribution in [0, 0.1) is 17.2 Å². The molecular formula is C22H23N3OS2. The van der Waals surface area contributed by atoms with E-state index in [0.29, 0.717) is 24.6 Å². The standard InChI is InChI=1S/C22H23N3OS2/c1-15-8-9-17-18(14-15)28-20-19(17)21(26)25(22(24-20)27-13-5-11-23)12-10-16-6-3-2-4-7-16/h2-4,6-7,15H,5,8-10,12-14H2,1H3. The number of benzene rings is 1. The molecule has 1 aromatic carbocycles. The van der Waals surface area contributed by atoms with E-state index in [1.165, 1.54) is 27.8 Å². The molecule has 0 amide bonds. The third kappa shape index (κ3) is 3.87. The molecule has 2 aromatic heterocycles. The molecule has 0 fully saturated rings. The maximum absolute atomic E-state index is 13.5. The van der Waals surface area contributed by atoms with Crippen molar-refractivity contribution in [2.24, 2.45) is 5.92 Å². The normalized spacial score (nSPS) is 16.1. The van der Waals surface area contributed by atoms with Gasteiger partial charge in [0.25, 0.3) is 5.56 Å². The van der Waals surface area contributed by atoms with E-state index in [1.807, 2.05) is 22.8 Å². The molecule has 1 atom stereocenters. The van der Waals surface area contributed by atoms with Crippen molar-refractivity contribution in [3.05, 3.63) is 56.7 Å². The molecule has 0 N–H and O–H groups in total. The maximum atomic E-state index is 13.5. The van der Waals surface area contributed by atoms with Gasteiger partial charge in [-0.05, 0) is 42.7 Å². The van der Waals surface area contributed by atoms with Crippen molar-refractivity contribution in [2.45, 2.75) is 50.7 Å². The Labute approximate surface area is 173 Å². The molecule has 4 rings (SSSR count). The van der Waals surface area contributed by atoms with Crippen molar-refractivity contribution in [1.82, 2.24) is 9.55 Å². The summed E-state index contributed by atoms with van der Waals surface area (Å²) in [7, 11) is 0. The number of nitrogens with zero attached hydrogens (tertiary/aromatic N) is 3. The van der Waals surface area contributed by atoms with E-state index in [0.717, 1.165) is 41.1 Å². The van der Waals surface area contributed by atoms with Crippen LogP contribution in [0.25, 0.3) is 10.2 Å². The van der Waals surface area contributed by atoms with Gasteiger partial charge in [0.05, 0.1) is 11.5 Å². The summed E-state index contributed by atoms with van der Waals surface area (Å²) >= 11 is 3.21. The molecule has 0 bridgehead atoms. The van der Waals surface area contributed by atoms with Crippen LogP contribution in [0.3, 0.4) is 0 Å².